The van der Waals surface area contributed by atoms with Crippen molar-refractivity contribution in [2.75, 3.05) is 7.11 Å². The van der Waals surface area contributed by atoms with Crippen LogP contribution >= 0.6 is 11.6 Å². The van der Waals surface area contributed by atoms with Gasteiger partial charge in [0.05, 0.1) is 23.3 Å². The number of hydrazone groups is 1. The maximum atomic E-state index is 12.1. The summed E-state index contributed by atoms with van der Waals surface area (Å²) in [6.45, 7) is 0. The quantitative estimate of drug-likeness (QED) is 0.378. The van der Waals surface area contributed by atoms with Crippen LogP contribution in [0, 0.1) is 10.1 Å². The predicted molar refractivity (Wildman–Crippen MR) is 104 cm³/mol. The lowest BCUT2D eigenvalue weighted by molar-refractivity contribution is -0.385. The fourth-order valence-electron chi connectivity index (χ4n) is 2.44. The van der Waals surface area contributed by atoms with Crippen molar-refractivity contribution in [3.63, 3.8) is 0 Å². The number of nitro groups is 1. The second kappa shape index (κ2) is 8.36. The average molecular weight is 400 g/mol. The van der Waals surface area contributed by atoms with Crippen LogP contribution in [-0.4, -0.2) is 24.2 Å². The predicted octanol–water partition coefficient (Wildman–Crippen LogP) is 4.28. The summed E-state index contributed by atoms with van der Waals surface area (Å²) in [6.07, 6.45) is 1.29. The minimum atomic E-state index is -0.697. The topological polar surface area (TPSA) is 107 Å². The number of halogens is 1. The highest BCUT2D eigenvalue weighted by Crippen LogP contribution is 2.30. The van der Waals surface area contributed by atoms with Crippen LogP contribution < -0.4 is 10.2 Å². The van der Waals surface area contributed by atoms with Crippen molar-refractivity contribution < 1.29 is 18.9 Å². The number of hydrogen-bond acceptors (Lipinski definition) is 6. The van der Waals surface area contributed by atoms with Crippen LogP contribution in [0.25, 0.3) is 11.3 Å². The van der Waals surface area contributed by atoms with Gasteiger partial charge in [0.1, 0.15) is 22.8 Å². The van der Waals surface area contributed by atoms with E-state index in [-0.39, 0.29) is 11.3 Å². The lowest BCUT2D eigenvalue weighted by atomic mass is 10.2. The fraction of sp³-hybridized carbons (Fsp3) is 0.0526. The van der Waals surface area contributed by atoms with E-state index in [4.69, 9.17) is 20.8 Å². The number of para-hydroxylation sites is 1. The number of nitrogens with one attached hydrogen (secondary N) is 1. The van der Waals surface area contributed by atoms with Gasteiger partial charge in [0.2, 0.25) is 0 Å². The maximum Gasteiger partial charge on any atom is 0.282 e. The first-order valence-corrected chi connectivity index (χ1v) is 8.38. The zero-order valence-electron chi connectivity index (χ0n) is 14.6. The van der Waals surface area contributed by atoms with E-state index in [0.29, 0.717) is 22.3 Å². The van der Waals surface area contributed by atoms with Gasteiger partial charge in [-0.25, -0.2) is 5.43 Å². The molecule has 1 aromatic heterocycles. The van der Waals surface area contributed by atoms with Crippen molar-refractivity contribution in [2.24, 2.45) is 5.10 Å². The number of furan rings is 1. The van der Waals surface area contributed by atoms with Gasteiger partial charge in [-0.2, -0.15) is 5.10 Å². The molecule has 0 bridgehead atoms. The number of ether oxygens (including phenoxy) is 1. The molecule has 1 amide bonds. The Morgan fingerprint density at radius 2 is 2.04 bits per heavy atom. The van der Waals surface area contributed by atoms with Crippen molar-refractivity contribution >= 4 is 29.4 Å². The number of methoxy groups -OCH3 is 1. The summed E-state index contributed by atoms with van der Waals surface area (Å²) >= 11 is 6.11. The molecule has 3 aromatic rings. The van der Waals surface area contributed by atoms with Gasteiger partial charge in [-0.15, -0.1) is 0 Å². The number of hydrogen-bond donors (Lipinski definition) is 1. The number of benzene rings is 2. The van der Waals surface area contributed by atoms with Crippen LogP contribution in [0.4, 0.5) is 5.69 Å². The lowest BCUT2D eigenvalue weighted by Gasteiger charge is -2.04. The molecule has 0 radical (unpaired) electrons. The zero-order chi connectivity index (χ0) is 20.1. The third kappa shape index (κ3) is 4.18. The van der Waals surface area contributed by atoms with Crippen molar-refractivity contribution in [1.29, 1.82) is 0 Å². The van der Waals surface area contributed by atoms with E-state index in [1.807, 2.05) is 0 Å². The van der Waals surface area contributed by atoms with Gasteiger partial charge in [0.15, 0.2) is 0 Å². The first kappa shape index (κ1) is 19.1. The van der Waals surface area contributed by atoms with Crippen molar-refractivity contribution in [2.45, 2.75) is 0 Å². The highest BCUT2D eigenvalue weighted by Gasteiger charge is 2.18. The largest absolute Gasteiger partial charge is 0.495 e. The third-order valence-corrected chi connectivity index (χ3v) is 4.06. The monoisotopic (exact) mass is 399 g/mol. The number of nitro benzene ring substituents is 1. The van der Waals surface area contributed by atoms with Crippen molar-refractivity contribution in [1.82, 2.24) is 5.43 Å². The summed E-state index contributed by atoms with van der Waals surface area (Å²) in [7, 11) is 1.53. The maximum absolute atomic E-state index is 12.1. The second-order valence-corrected chi connectivity index (χ2v) is 5.93. The van der Waals surface area contributed by atoms with Crippen molar-refractivity contribution in [3.05, 3.63) is 81.1 Å². The fourth-order valence-corrected chi connectivity index (χ4v) is 2.69. The Morgan fingerprint density at radius 1 is 1.25 bits per heavy atom. The Morgan fingerprint density at radius 3 is 2.75 bits per heavy atom. The van der Waals surface area contributed by atoms with Gasteiger partial charge in [-0.05, 0) is 36.4 Å². The zero-order valence-corrected chi connectivity index (χ0v) is 15.3. The molecule has 0 saturated heterocycles. The molecule has 1 heterocycles. The Balaban J connectivity index is 1.70. The normalized spacial score (nSPS) is 10.8. The highest BCUT2D eigenvalue weighted by atomic mass is 35.5. The summed E-state index contributed by atoms with van der Waals surface area (Å²) in [4.78, 5) is 22.4. The first-order valence-electron chi connectivity index (χ1n) is 8.00. The molecule has 0 aliphatic rings. The summed E-state index contributed by atoms with van der Waals surface area (Å²) in [5.74, 6) is 0.787. The van der Waals surface area contributed by atoms with Crippen molar-refractivity contribution in [3.8, 4) is 17.1 Å². The molecule has 0 unspecified atom stereocenters. The van der Waals surface area contributed by atoms with E-state index in [1.54, 1.807) is 30.3 Å². The van der Waals surface area contributed by atoms with Gasteiger partial charge in [-0.3, -0.25) is 14.9 Å². The number of nitrogens with zero attached hydrogens (tertiary/aromatic N) is 2. The van der Waals surface area contributed by atoms with Crippen LogP contribution in [0.2, 0.25) is 5.02 Å². The molecular formula is C19H14ClN3O5. The Hall–Kier alpha value is -3.65. The SMILES string of the molecule is COc1ccc(-c2ccc(C=NNC(=O)c3ccccc3[N+](=O)[O-])o2)cc1Cl. The standard InChI is InChI=1S/C19H14ClN3O5/c1-27-18-8-6-12(10-15(18)20)17-9-7-13(28-17)11-21-22-19(24)14-4-2-3-5-16(14)23(25)26/h2-11H,1H3,(H,22,24). The first-order chi connectivity index (χ1) is 13.5. The number of rotatable bonds is 6. The van der Waals surface area contributed by atoms with E-state index >= 15 is 0 Å². The smallest absolute Gasteiger partial charge is 0.282 e. The molecule has 0 atom stereocenters. The summed E-state index contributed by atoms with van der Waals surface area (Å²) in [5, 5.41) is 15.2. The van der Waals surface area contributed by atoms with Crippen LogP contribution in [-0.2, 0) is 0 Å². The van der Waals surface area contributed by atoms with Gasteiger partial charge in [0, 0.05) is 11.6 Å². The highest BCUT2D eigenvalue weighted by molar-refractivity contribution is 6.32. The summed E-state index contributed by atoms with van der Waals surface area (Å²) in [5.41, 5.74) is 2.60. The minimum Gasteiger partial charge on any atom is -0.495 e. The molecule has 0 spiro atoms. The van der Waals surface area contributed by atoms with Gasteiger partial charge < -0.3 is 9.15 Å². The van der Waals surface area contributed by atoms with Gasteiger partial charge >= 0.3 is 0 Å². The molecule has 0 saturated carbocycles. The minimum absolute atomic E-state index is 0.0855. The molecule has 0 aliphatic carbocycles. The van der Waals surface area contributed by atoms with E-state index in [1.165, 1.54) is 37.6 Å². The molecule has 8 nitrogen and oxygen atoms in total. The van der Waals surface area contributed by atoms with E-state index in [0.717, 1.165) is 5.56 Å². The van der Waals surface area contributed by atoms with E-state index in [2.05, 4.69) is 10.5 Å². The third-order valence-electron chi connectivity index (χ3n) is 3.77. The van der Waals surface area contributed by atoms with E-state index in [9.17, 15) is 14.9 Å². The Labute approximate surface area is 164 Å². The Bertz CT molecular complexity index is 1060. The molecule has 2 aromatic carbocycles. The second-order valence-electron chi connectivity index (χ2n) is 5.52. The number of amides is 1. The molecule has 28 heavy (non-hydrogen) atoms. The molecule has 3 rings (SSSR count). The molecule has 1 N–H and O–H groups in total. The molecular weight excluding hydrogens is 386 g/mol. The number of carbonyl (C=O) groups excluding carboxylic acids is 1. The average Bonchev–Trinajstić information content (AvgIpc) is 3.16. The van der Waals surface area contributed by atoms with Crippen LogP contribution in [0.15, 0.2) is 64.1 Å². The lowest BCUT2D eigenvalue weighted by Crippen LogP contribution is -2.18. The Kier molecular flexibility index (Phi) is 5.71. The van der Waals surface area contributed by atoms with Crippen LogP contribution in [0.1, 0.15) is 16.1 Å². The van der Waals surface area contributed by atoms with E-state index < -0.39 is 10.8 Å². The van der Waals surface area contributed by atoms with Crippen LogP contribution in [0.5, 0.6) is 5.75 Å². The molecule has 9 heteroatoms. The molecule has 142 valence electrons. The van der Waals surface area contributed by atoms with Gasteiger partial charge in [-0.1, -0.05) is 23.7 Å². The summed E-state index contributed by atoms with van der Waals surface area (Å²) < 4.78 is 10.7. The number of carbonyl (C=O) groups is 1. The summed E-state index contributed by atoms with van der Waals surface area (Å²) in [6, 6.07) is 14.2. The van der Waals surface area contributed by atoms with Gasteiger partial charge in [0.25, 0.3) is 11.6 Å². The molecule has 0 aliphatic heterocycles. The molecule has 0 fully saturated rings. The van der Waals surface area contributed by atoms with Crippen LogP contribution in [0.3, 0.4) is 0 Å².